The van der Waals surface area contributed by atoms with Gasteiger partial charge in [-0.05, 0) is 24.3 Å². The lowest BCUT2D eigenvalue weighted by atomic mass is 10.2. The summed E-state index contributed by atoms with van der Waals surface area (Å²) in [7, 11) is 9.08. The second-order valence-electron chi connectivity index (χ2n) is 6.81. The number of amides is 2. The Morgan fingerprint density at radius 3 is 1.12 bits per heavy atom. The monoisotopic (exact) mass is 506 g/mol. The van der Waals surface area contributed by atoms with Crippen LogP contribution in [0.1, 0.15) is 11.1 Å². The van der Waals surface area contributed by atoms with E-state index in [1.807, 2.05) is 0 Å². The Morgan fingerprint density at radius 1 is 0.618 bits per heavy atom. The van der Waals surface area contributed by atoms with Crippen LogP contribution in [-0.4, -0.2) is 74.3 Å². The zero-order valence-corrected chi connectivity index (χ0v) is 21.3. The number of nitrogens with zero attached hydrogens (tertiary/aromatic N) is 2. The van der Waals surface area contributed by atoms with Crippen molar-refractivity contribution in [3.05, 3.63) is 47.5 Å². The van der Waals surface area contributed by atoms with Crippen molar-refractivity contribution in [3.63, 3.8) is 0 Å². The van der Waals surface area contributed by atoms with E-state index in [0.717, 1.165) is 0 Å². The first-order valence-corrected chi connectivity index (χ1v) is 10.6. The van der Waals surface area contributed by atoms with E-state index in [0.29, 0.717) is 34.1 Å². The quantitative estimate of drug-likeness (QED) is 0.342. The second kappa shape index (κ2) is 12.0. The lowest BCUT2D eigenvalue weighted by molar-refractivity contribution is -0.142. The van der Waals surface area contributed by atoms with Crippen molar-refractivity contribution in [1.29, 1.82) is 0 Å². The highest BCUT2D eigenvalue weighted by atomic mass is 32.1. The van der Waals surface area contributed by atoms with Gasteiger partial charge in [-0.15, -0.1) is 0 Å². The molecule has 0 aromatic heterocycles. The summed E-state index contributed by atoms with van der Waals surface area (Å²) >= 11 is 10.8. The van der Waals surface area contributed by atoms with Crippen LogP contribution in [0.5, 0.6) is 23.0 Å². The molecular weight excluding hydrogens is 480 g/mol. The molecule has 0 saturated carbocycles. The summed E-state index contributed by atoms with van der Waals surface area (Å²) in [5, 5.41) is 2.49. The number of rotatable bonds is 6. The highest BCUT2D eigenvalue weighted by Gasteiger charge is 2.21. The van der Waals surface area contributed by atoms with Crippen molar-refractivity contribution in [2.75, 3.05) is 42.5 Å². The fourth-order valence-corrected chi connectivity index (χ4v) is 3.08. The fourth-order valence-electron chi connectivity index (χ4n) is 2.76. The van der Waals surface area contributed by atoms with Crippen LogP contribution in [0.2, 0.25) is 0 Å². The molecule has 10 nitrogen and oxygen atoms in total. The van der Waals surface area contributed by atoms with Gasteiger partial charge < -0.3 is 18.9 Å². The van der Waals surface area contributed by atoms with E-state index < -0.39 is 11.8 Å². The summed E-state index contributed by atoms with van der Waals surface area (Å²) in [5.74, 6) is 0.212. The van der Waals surface area contributed by atoms with Crippen molar-refractivity contribution in [3.8, 4) is 23.0 Å². The van der Waals surface area contributed by atoms with Crippen LogP contribution in [0.15, 0.2) is 36.4 Å². The number of nitrogens with one attached hydrogen (secondary N) is 2. The SMILES string of the molecule is COc1cc(OC)cc(C(=S)N(C)NC(=O)C(=O)NN(C)C(=S)c2cc(OC)cc(OC)c2)c1. The van der Waals surface area contributed by atoms with Gasteiger partial charge in [-0.25, -0.2) is 0 Å². The number of carbonyl (C=O) groups excluding carboxylic acids is 2. The molecule has 0 atom stereocenters. The van der Waals surface area contributed by atoms with Crippen LogP contribution in [0.3, 0.4) is 0 Å². The average molecular weight is 507 g/mol. The largest absolute Gasteiger partial charge is 0.497 e. The molecule has 0 spiro atoms. The first-order chi connectivity index (χ1) is 16.1. The predicted octanol–water partition coefficient (Wildman–Crippen LogP) is 1.70. The molecule has 0 aliphatic heterocycles. The maximum absolute atomic E-state index is 12.4. The normalized spacial score (nSPS) is 9.94. The van der Waals surface area contributed by atoms with E-state index in [4.69, 9.17) is 43.4 Å². The van der Waals surface area contributed by atoms with Crippen LogP contribution in [0.25, 0.3) is 0 Å². The first kappa shape index (κ1) is 26.6. The summed E-state index contributed by atoms with van der Waals surface area (Å²) in [5.41, 5.74) is 5.96. The van der Waals surface area contributed by atoms with Crippen molar-refractivity contribution >= 4 is 46.2 Å². The molecule has 0 radical (unpaired) electrons. The molecule has 2 aromatic carbocycles. The van der Waals surface area contributed by atoms with Gasteiger partial charge in [-0.3, -0.25) is 30.5 Å². The average Bonchev–Trinajstić information content (AvgIpc) is 2.86. The van der Waals surface area contributed by atoms with E-state index in [2.05, 4.69) is 10.9 Å². The number of ether oxygens (including phenoxy) is 4. The minimum Gasteiger partial charge on any atom is -0.497 e. The summed E-state index contributed by atoms with van der Waals surface area (Å²) < 4.78 is 20.9. The Balaban J connectivity index is 2.05. The molecule has 0 aliphatic rings. The number of hydrazine groups is 2. The molecule has 0 unspecified atom stereocenters. The van der Waals surface area contributed by atoms with Gasteiger partial charge in [0.25, 0.3) is 0 Å². The van der Waals surface area contributed by atoms with E-state index in [1.165, 1.54) is 52.6 Å². The van der Waals surface area contributed by atoms with Crippen LogP contribution >= 0.6 is 24.4 Å². The third-order valence-corrected chi connectivity index (χ3v) is 5.57. The summed E-state index contributed by atoms with van der Waals surface area (Å²) in [4.78, 5) is 25.4. The number of carbonyl (C=O) groups is 2. The van der Waals surface area contributed by atoms with Crippen LogP contribution < -0.4 is 29.8 Å². The topological polar surface area (TPSA) is 102 Å². The first-order valence-electron chi connectivity index (χ1n) is 9.77. The Labute approximate surface area is 208 Å². The Morgan fingerprint density at radius 2 is 0.882 bits per heavy atom. The third kappa shape index (κ3) is 6.68. The minimum absolute atomic E-state index is 0.241. The maximum atomic E-state index is 12.4. The molecule has 34 heavy (non-hydrogen) atoms. The van der Waals surface area contributed by atoms with Crippen molar-refractivity contribution < 1.29 is 28.5 Å². The van der Waals surface area contributed by atoms with E-state index in [1.54, 1.807) is 36.4 Å². The number of thiocarbonyl (C=S) groups is 2. The van der Waals surface area contributed by atoms with Gasteiger partial charge in [0.15, 0.2) is 0 Å². The number of methoxy groups -OCH3 is 4. The fraction of sp³-hybridized carbons (Fsp3) is 0.273. The maximum Gasteiger partial charge on any atom is 0.329 e. The molecule has 182 valence electrons. The molecule has 0 heterocycles. The van der Waals surface area contributed by atoms with Gasteiger partial charge in [0.05, 0.1) is 28.4 Å². The van der Waals surface area contributed by atoms with Crippen LogP contribution in [0, 0.1) is 0 Å². The van der Waals surface area contributed by atoms with Gasteiger partial charge in [0, 0.05) is 37.4 Å². The molecule has 2 amide bonds. The Kier molecular flexibility index (Phi) is 9.39. The van der Waals surface area contributed by atoms with Gasteiger partial charge in [-0.2, -0.15) is 0 Å². The summed E-state index contributed by atoms with van der Waals surface area (Å²) in [6, 6.07) is 10.1. The molecule has 0 fully saturated rings. The van der Waals surface area contributed by atoms with Crippen molar-refractivity contribution in [2.24, 2.45) is 0 Å². The smallest absolute Gasteiger partial charge is 0.329 e. The number of hydrogen-bond acceptors (Lipinski definition) is 8. The van der Waals surface area contributed by atoms with Gasteiger partial charge in [-0.1, -0.05) is 24.4 Å². The molecule has 0 saturated heterocycles. The van der Waals surface area contributed by atoms with Crippen molar-refractivity contribution in [1.82, 2.24) is 20.9 Å². The molecule has 2 rings (SSSR count). The standard InChI is InChI=1S/C22H26N4O6S2/c1-25(21(33)13-7-15(29-3)11-16(8-13)30-4)23-19(27)20(28)24-26(2)22(34)14-9-17(31-5)12-18(10-14)32-6/h7-12H,1-6H3,(H,23,27)(H,24,28). The summed E-state index contributed by atoms with van der Waals surface area (Å²) in [6.45, 7) is 0. The lowest BCUT2D eigenvalue weighted by Crippen LogP contribution is -2.53. The molecular formula is C22H26N4O6S2. The van der Waals surface area contributed by atoms with Crippen molar-refractivity contribution in [2.45, 2.75) is 0 Å². The predicted molar refractivity (Wildman–Crippen MR) is 134 cm³/mol. The third-order valence-electron chi connectivity index (χ3n) is 4.55. The van der Waals surface area contributed by atoms with Gasteiger partial charge in [0.2, 0.25) is 0 Å². The van der Waals surface area contributed by atoms with Crippen LogP contribution in [0.4, 0.5) is 0 Å². The Hall–Kier alpha value is -3.64. The van der Waals surface area contributed by atoms with E-state index in [-0.39, 0.29) is 9.98 Å². The molecule has 12 heteroatoms. The molecule has 2 N–H and O–H groups in total. The lowest BCUT2D eigenvalue weighted by Gasteiger charge is -2.24. The zero-order chi connectivity index (χ0) is 25.4. The highest BCUT2D eigenvalue weighted by Crippen LogP contribution is 2.24. The number of hydrogen-bond donors (Lipinski definition) is 2. The molecule has 0 aliphatic carbocycles. The minimum atomic E-state index is -0.947. The van der Waals surface area contributed by atoms with Gasteiger partial charge in [0.1, 0.15) is 33.0 Å². The summed E-state index contributed by atoms with van der Waals surface area (Å²) in [6.07, 6.45) is 0. The second-order valence-corrected chi connectivity index (χ2v) is 7.59. The van der Waals surface area contributed by atoms with E-state index >= 15 is 0 Å². The number of benzene rings is 2. The highest BCUT2D eigenvalue weighted by molar-refractivity contribution is 7.80. The Bertz CT molecular complexity index is 965. The molecule has 0 bridgehead atoms. The van der Waals surface area contributed by atoms with Gasteiger partial charge >= 0.3 is 11.8 Å². The van der Waals surface area contributed by atoms with Crippen LogP contribution in [-0.2, 0) is 9.59 Å². The molecule has 2 aromatic rings. The van der Waals surface area contributed by atoms with E-state index in [9.17, 15) is 9.59 Å². The zero-order valence-electron chi connectivity index (χ0n) is 19.6.